The highest BCUT2D eigenvalue weighted by Crippen LogP contribution is 2.50. The molecule has 0 radical (unpaired) electrons. The van der Waals surface area contributed by atoms with Crippen LogP contribution >= 0.6 is 8.53 Å². The van der Waals surface area contributed by atoms with E-state index in [1.165, 1.54) is 4.90 Å². The van der Waals surface area contributed by atoms with Crippen LogP contribution in [0.1, 0.15) is 57.2 Å². The lowest BCUT2D eigenvalue weighted by Gasteiger charge is -2.39. The van der Waals surface area contributed by atoms with Gasteiger partial charge in [0.15, 0.2) is 12.4 Å². The number of rotatable bonds is 17. The number of methoxy groups -OCH3 is 2. The van der Waals surface area contributed by atoms with E-state index in [0.717, 1.165) is 16.7 Å². The van der Waals surface area contributed by atoms with E-state index in [1.807, 2.05) is 111 Å². The van der Waals surface area contributed by atoms with Gasteiger partial charge in [-0.2, -0.15) is 5.26 Å². The van der Waals surface area contributed by atoms with Gasteiger partial charge in [-0.15, -0.1) is 0 Å². The molecule has 2 aliphatic rings. The zero-order chi connectivity index (χ0) is 38.1. The van der Waals surface area contributed by atoms with Crippen LogP contribution in [0.4, 0.5) is 9.18 Å². The van der Waals surface area contributed by atoms with Crippen LogP contribution in [-0.2, 0) is 28.9 Å². The van der Waals surface area contributed by atoms with Crippen molar-refractivity contribution in [2.45, 2.75) is 82.8 Å². The Kier molecular flexibility index (Phi) is 13.8. The van der Waals surface area contributed by atoms with Gasteiger partial charge in [-0.1, -0.05) is 54.6 Å². The number of hydrogen-bond acceptors (Lipinski definition) is 10. The Labute approximate surface area is 312 Å². The van der Waals surface area contributed by atoms with Crippen molar-refractivity contribution in [3.63, 3.8) is 0 Å². The molecular weight excluding hydrogens is 702 g/mol. The van der Waals surface area contributed by atoms with Gasteiger partial charge in [0.2, 0.25) is 5.91 Å². The fourth-order valence-corrected chi connectivity index (χ4v) is 8.47. The Hall–Kier alpha value is -4.15. The van der Waals surface area contributed by atoms with E-state index in [9.17, 15) is 14.9 Å². The number of halogens is 1. The highest BCUT2D eigenvalue weighted by atomic mass is 31.2. The minimum Gasteiger partial charge on any atom is -0.497 e. The van der Waals surface area contributed by atoms with Gasteiger partial charge in [0.1, 0.15) is 29.3 Å². The normalized spacial score (nSPS) is 21.2. The number of amides is 3. The molecule has 2 heterocycles. The van der Waals surface area contributed by atoms with Crippen molar-refractivity contribution >= 4 is 20.5 Å². The average Bonchev–Trinajstić information content (AvgIpc) is 3.46. The first-order valence-corrected chi connectivity index (χ1v) is 18.8. The quantitative estimate of drug-likeness (QED) is 0.0906. The second-order valence-electron chi connectivity index (χ2n) is 13.2. The van der Waals surface area contributed by atoms with E-state index >= 15 is 4.39 Å². The molecule has 3 aromatic carbocycles. The highest BCUT2D eigenvalue weighted by molar-refractivity contribution is 7.44. The molecule has 1 N–H and O–H groups in total. The molecule has 2 saturated heterocycles. The molecule has 284 valence electrons. The number of carbonyl (C=O) groups is 2. The summed E-state index contributed by atoms with van der Waals surface area (Å²) < 4.78 is 56.2. The molecule has 53 heavy (non-hydrogen) atoms. The second kappa shape index (κ2) is 18.3. The number of imide groups is 1. The van der Waals surface area contributed by atoms with Crippen LogP contribution in [-0.4, -0.2) is 92.2 Å². The van der Waals surface area contributed by atoms with Crippen LogP contribution < -0.4 is 14.8 Å². The zero-order valence-electron chi connectivity index (χ0n) is 30.9. The lowest BCUT2D eigenvalue weighted by molar-refractivity contribution is -0.126. The Balaban J connectivity index is 1.59. The van der Waals surface area contributed by atoms with Crippen LogP contribution in [0.5, 0.6) is 11.5 Å². The summed E-state index contributed by atoms with van der Waals surface area (Å²) in [5, 5.41) is 11.5. The number of nitrogens with zero attached hydrogens (tertiary/aromatic N) is 3. The van der Waals surface area contributed by atoms with Crippen molar-refractivity contribution in [1.82, 2.24) is 14.9 Å². The average molecular weight is 751 g/mol. The van der Waals surface area contributed by atoms with Crippen LogP contribution in [0.15, 0.2) is 78.9 Å². The first kappa shape index (κ1) is 40.0. The van der Waals surface area contributed by atoms with E-state index in [-0.39, 0.29) is 44.7 Å². The van der Waals surface area contributed by atoms with Crippen molar-refractivity contribution in [2.75, 3.05) is 34.0 Å². The molecule has 1 unspecified atom stereocenters. The summed E-state index contributed by atoms with van der Waals surface area (Å²) in [6, 6.07) is 26.0. The van der Waals surface area contributed by atoms with Crippen LogP contribution in [0, 0.1) is 11.3 Å². The third kappa shape index (κ3) is 8.98. The van der Waals surface area contributed by atoms with Gasteiger partial charge >= 0.3 is 6.03 Å². The maximum absolute atomic E-state index is 17.0. The smallest absolute Gasteiger partial charge is 0.326 e. The molecule has 0 saturated carbocycles. The van der Waals surface area contributed by atoms with Crippen LogP contribution in [0.2, 0.25) is 0 Å². The standard InChI is InChI=1S/C39H48FN4O8P/c1-26(2)44(27(3)4)53(50-24-10-22-41)52-36-33(51-37(35(36)40)43-23-21-34(45)42-38(43)46)25-49-39(28-11-8-7-9-12-28,29-13-17-31(47-5)18-14-29)30-15-19-32(48-6)20-16-30/h7-9,11-20,26-27,33,35-37H,10,21,23-25H2,1-6H3,(H,42,45,46)/t33-,35-,36-,37-,53?/m1/s1. The summed E-state index contributed by atoms with van der Waals surface area (Å²) in [6.07, 6.45) is -5.43. The molecule has 0 aromatic heterocycles. The molecule has 3 amide bonds. The zero-order valence-corrected chi connectivity index (χ0v) is 31.8. The molecule has 5 atom stereocenters. The molecular formula is C39H48FN4O8P. The fourth-order valence-electron chi connectivity index (χ4n) is 6.70. The fraction of sp³-hybridized carbons (Fsp3) is 0.462. The maximum Gasteiger partial charge on any atom is 0.326 e. The molecule has 0 spiro atoms. The Morgan fingerprint density at radius 2 is 1.51 bits per heavy atom. The molecule has 2 aliphatic heterocycles. The van der Waals surface area contributed by atoms with Crippen LogP contribution in [0.25, 0.3) is 0 Å². The third-order valence-electron chi connectivity index (χ3n) is 9.17. The van der Waals surface area contributed by atoms with Crippen molar-refractivity contribution in [1.29, 1.82) is 5.26 Å². The predicted octanol–water partition coefficient (Wildman–Crippen LogP) is 6.68. The first-order valence-electron chi connectivity index (χ1n) is 17.7. The highest BCUT2D eigenvalue weighted by Gasteiger charge is 2.53. The number of benzene rings is 3. The molecule has 2 fully saturated rings. The molecule has 0 aliphatic carbocycles. The molecule has 0 bridgehead atoms. The summed E-state index contributed by atoms with van der Waals surface area (Å²) in [5.41, 5.74) is 1.07. The number of nitrogens with one attached hydrogen (secondary N) is 1. The summed E-state index contributed by atoms with van der Waals surface area (Å²) in [7, 11) is 1.28. The third-order valence-corrected chi connectivity index (χ3v) is 11.3. The van der Waals surface area contributed by atoms with Gasteiger partial charge in [-0.05, 0) is 68.7 Å². The topological polar surface area (TPSA) is 132 Å². The molecule has 12 nitrogen and oxygen atoms in total. The largest absolute Gasteiger partial charge is 0.497 e. The molecule has 3 aromatic rings. The Bertz CT molecular complexity index is 1640. The Morgan fingerprint density at radius 3 is 2.02 bits per heavy atom. The van der Waals surface area contributed by atoms with Gasteiger partial charge in [-0.25, -0.2) is 13.9 Å². The van der Waals surface area contributed by atoms with E-state index < -0.39 is 50.7 Å². The summed E-state index contributed by atoms with van der Waals surface area (Å²) in [5.74, 6) is 0.867. The SMILES string of the molecule is COc1ccc(C(OC[C@H]2O[C@@H](N3CCC(=O)NC3=O)[C@H](F)[C@@H]2OP(OCCC#N)N(C(C)C)C(C)C)(c2ccccc2)c2ccc(OC)cc2)cc1. The number of hydrogen-bond donors (Lipinski definition) is 1. The number of carbonyl (C=O) groups excluding carboxylic acids is 2. The number of nitriles is 1. The number of alkyl halides is 1. The van der Waals surface area contributed by atoms with Gasteiger partial charge in [0.25, 0.3) is 8.53 Å². The minimum absolute atomic E-state index is 0.00444. The van der Waals surface area contributed by atoms with Gasteiger partial charge in [0.05, 0.1) is 39.9 Å². The van der Waals surface area contributed by atoms with Crippen molar-refractivity contribution < 1.29 is 42.0 Å². The van der Waals surface area contributed by atoms with Crippen molar-refractivity contribution in [3.8, 4) is 17.6 Å². The van der Waals surface area contributed by atoms with Crippen molar-refractivity contribution in [2.24, 2.45) is 0 Å². The lowest BCUT2D eigenvalue weighted by Crippen LogP contribution is -2.56. The molecule has 14 heteroatoms. The Morgan fingerprint density at radius 1 is 0.943 bits per heavy atom. The maximum atomic E-state index is 17.0. The van der Waals surface area contributed by atoms with Crippen LogP contribution in [0.3, 0.4) is 0 Å². The van der Waals surface area contributed by atoms with E-state index in [1.54, 1.807) is 14.2 Å². The minimum atomic E-state index is -1.91. The first-order chi connectivity index (χ1) is 25.5. The molecule has 5 rings (SSSR count). The van der Waals surface area contributed by atoms with Gasteiger partial charge in [-0.3, -0.25) is 15.0 Å². The second-order valence-corrected chi connectivity index (χ2v) is 14.6. The van der Waals surface area contributed by atoms with Gasteiger partial charge in [0, 0.05) is 25.0 Å². The van der Waals surface area contributed by atoms with Gasteiger partial charge < -0.3 is 28.0 Å². The number of ether oxygens (including phenoxy) is 4. The summed E-state index contributed by atoms with van der Waals surface area (Å²) >= 11 is 0. The van der Waals surface area contributed by atoms with E-state index in [2.05, 4.69) is 11.4 Å². The predicted molar refractivity (Wildman–Crippen MR) is 197 cm³/mol. The summed E-state index contributed by atoms with van der Waals surface area (Å²) in [6.45, 7) is 7.81. The number of urea groups is 1. The lowest BCUT2D eigenvalue weighted by atomic mass is 9.80. The summed E-state index contributed by atoms with van der Waals surface area (Å²) in [4.78, 5) is 26.2. The van der Waals surface area contributed by atoms with Crippen molar-refractivity contribution in [3.05, 3.63) is 95.6 Å². The van der Waals surface area contributed by atoms with E-state index in [0.29, 0.717) is 11.5 Å². The monoisotopic (exact) mass is 750 g/mol. The van der Waals surface area contributed by atoms with E-state index in [4.69, 9.17) is 28.0 Å².